The van der Waals surface area contributed by atoms with E-state index in [0.717, 1.165) is 31.5 Å². The third-order valence-electron chi connectivity index (χ3n) is 3.66. The molecule has 0 radical (unpaired) electrons. The average molecular weight is 279 g/mol. The Morgan fingerprint density at radius 1 is 1.37 bits per heavy atom. The van der Waals surface area contributed by atoms with Crippen molar-refractivity contribution in [3.63, 3.8) is 0 Å². The first-order valence-corrected chi connectivity index (χ1v) is 6.54. The zero-order valence-corrected chi connectivity index (χ0v) is 11.7. The molecule has 0 bridgehead atoms. The van der Waals surface area contributed by atoms with Crippen molar-refractivity contribution >= 4 is 18.3 Å². The Labute approximate surface area is 120 Å². The molecule has 1 fully saturated rings. The summed E-state index contributed by atoms with van der Waals surface area (Å²) >= 11 is 0. The van der Waals surface area contributed by atoms with Gasteiger partial charge in [-0.25, -0.2) is 0 Å². The van der Waals surface area contributed by atoms with Crippen LogP contribution in [0.15, 0.2) is 30.9 Å². The van der Waals surface area contributed by atoms with Crippen LogP contribution >= 0.6 is 12.4 Å². The van der Waals surface area contributed by atoms with Gasteiger partial charge in [0.1, 0.15) is 0 Å². The second-order valence-corrected chi connectivity index (χ2v) is 5.06. The van der Waals surface area contributed by atoms with Gasteiger partial charge in [0, 0.05) is 31.2 Å². The molecule has 1 aromatic rings. The van der Waals surface area contributed by atoms with Crippen molar-refractivity contribution in [2.75, 3.05) is 6.54 Å². The number of amides is 1. The third-order valence-corrected chi connectivity index (χ3v) is 3.66. The van der Waals surface area contributed by atoms with Crippen LogP contribution in [0.25, 0.3) is 0 Å². The first-order chi connectivity index (χ1) is 8.79. The molecule has 1 aromatic carbocycles. The van der Waals surface area contributed by atoms with Gasteiger partial charge in [0.15, 0.2) is 0 Å². The molecular weight excluding hydrogens is 260 g/mol. The molecule has 102 valence electrons. The monoisotopic (exact) mass is 278 g/mol. The topological polar surface area (TPSA) is 32.3 Å². The Balaban J connectivity index is 0.00000133. The van der Waals surface area contributed by atoms with Gasteiger partial charge >= 0.3 is 0 Å². The van der Waals surface area contributed by atoms with Gasteiger partial charge in [-0.2, -0.15) is 0 Å². The fourth-order valence-corrected chi connectivity index (χ4v) is 2.52. The van der Waals surface area contributed by atoms with Crippen molar-refractivity contribution in [2.24, 2.45) is 0 Å². The quantitative estimate of drug-likeness (QED) is 0.859. The molecule has 0 atom stereocenters. The number of carbonyl (C=O) groups excluding carboxylic acids is 1. The number of hydrogen-bond acceptors (Lipinski definition) is 2. The number of rotatable bonds is 4. The van der Waals surface area contributed by atoms with Crippen LogP contribution in [-0.2, 0) is 13.1 Å². The Bertz CT molecular complexity index is 497. The minimum absolute atomic E-state index is 0. The molecule has 1 saturated carbocycles. The van der Waals surface area contributed by atoms with E-state index in [4.69, 9.17) is 0 Å². The predicted molar refractivity (Wildman–Crippen MR) is 78.5 cm³/mol. The van der Waals surface area contributed by atoms with Crippen LogP contribution < -0.4 is 5.32 Å². The number of nitrogens with one attached hydrogen (secondary N) is 1. The summed E-state index contributed by atoms with van der Waals surface area (Å²) in [5.41, 5.74) is 3.38. The number of fused-ring (bicyclic) bond motifs is 1. The highest BCUT2D eigenvalue weighted by Gasteiger charge is 2.32. The normalized spacial score (nSPS) is 16.4. The molecule has 0 aromatic heterocycles. The van der Waals surface area contributed by atoms with Gasteiger partial charge in [-0.1, -0.05) is 12.1 Å². The summed E-state index contributed by atoms with van der Waals surface area (Å²) in [6, 6.07) is 6.49. The lowest BCUT2D eigenvalue weighted by Gasteiger charge is -2.21. The smallest absolute Gasteiger partial charge is 0.254 e. The van der Waals surface area contributed by atoms with Gasteiger partial charge in [-0.3, -0.25) is 4.79 Å². The van der Waals surface area contributed by atoms with E-state index in [0.29, 0.717) is 12.6 Å². The average Bonchev–Trinajstić information content (AvgIpc) is 3.12. The third kappa shape index (κ3) is 2.82. The van der Waals surface area contributed by atoms with Crippen LogP contribution in [-0.4, -0.2) is 23.4 Å². The number of carbonyl (C=O) groups is 1. The highest BCUT2D eigenvalue weighted by Crippen LogP contribution is 2.28. The summed E-state index contributed by atoms with van der Waals surface area (Å²) < 4.78 is 0. The lowest BCUT2D eigenvalue weighted by Crippen LogP contribution is -2.33. The van der Waals surface area contributed by atoms with Crippen molar-refractivity contribution in [2.45, 2.75) is 32.0 Å². The fraction of sp³-hybridized carbons (Fsp3) is 0.400. The molecule has 0 unspecified atom stereocenters. The second kappa shape index (κ2) is 5.76. The van der Waals surface area contributed by atoms with Crippen molar-refractivity contribution < 1.29 is 4.79 Å². The Kier molecular flexibility index (Phi) is 4.27. The standard InChI is InChI=1S/C15H18N2O.ClH/c1-2-7-17(14-5-6-14)15(18)11-3-4-12-9-16-10-13(12)8-11;/h2-4,8,14,16H,1,5-7,9-10H2;1H. The van der Waals surface area contributed by atoms with Crippen LogP contribution in [0.5, 0.6) is 0 Å². The van der Waals surface area contributed by atoms with E-state index in [1.54, 1.807) is 0 Å². The maximum absolute atomic E-state index is 12.5. The van der Waals surface area contributed by atoms with E-state index >= 15 is 0 Å². The predicted octanol–water partition coefficient (Wildman–Crippen LogP) is 2.50. The van der Waals surface area contributed by atoms with Gasteiger partial charge in [0.2, 0.25) is 0 Å². The molecule has 19 heavy (non-hydrogen) atoms. The summed E-state index contributed by atoms with van der Waals surface area (Å²) in [6.45, 7) is 6.19. The van der Waals surface area contributed by atoms with Crippen molar-refractivity contribution in [1.29, 1.82) is 0 Å². The first kappa shape index (κ1) is 14.1. The van der Waals surface area contributed by atoms with E-state index in [2.05, 4.69) is 18.0 Å². The molecule has 1 amide bonds. The van der Waals surface area contributed by atoms with Crippen LogP contribution in [0.2, 0.25) is 0 Å². The van der Waals surface area contributed by atoms with E-state index in [1.165, 1.54) is 11.1 Å². The molecular formula is C15H19ClN2O. The van der Waals surface area contributed by atoms with Crippen molar-refractivity contribution in [3.05, 3.63) is 47.5 Å². The molecule has 1 aliphatic carbocycles. The molecule has 0 saturated heterocycles. The van der Waals surface area contributed by atoms with Gasteiger partial charge in [0.05, 0.1) is 0 Å². The lowest BCUT2D eigenvalue weighted by atomic mass is 10.1. The number of halogens is 1. The zero-order chi connectivity index (χ0) is 12.5. The summed E-state index contributed by atoms with van der Waals surface area (Å²) in [5.74, 6) is 0.145. The van der Waals surface area contributed by atoms with Crippen LogP contribution in [0.4, 0.5) is 0 Å². The molecule has 1 aliphatic heterocycles. The maximum Gasteiger partial charge on any atom is 0.254 e. The molecule has 1 N–H and O–H groups in total. The Morgan fingerprint density at radius 2 is 2.11 bits per heavy atom. The van der Waals surface area contributed by atoms with E-state index in [-0.39, 0.29) is 18.3 Å². The van der Waals surface area contributed by atoms with Crippen LogP contribution in [0.3, 0.4) is 0 Å². The molecule has 1 heterocycles. The van der Waals surface area contributed by atoms with Gasteiger partial charge in [0.25, 0.3) is 5.91 Å². The minimum Gasteiger partial charge on any atom is -0.332 e. The van der Waals surface area contributed by atoms with Crippen molar-refractivity contribution in [3.8, 4) is 0 Å². The van der Waals surface area contributed by atoms with Gasteiger partial charge < -0.3 is 10.2 Å². The number of nitrogens with zero attached hydrogens (tertiary/aromatic N) is 1. The van der Waals surface area contributed by atoms with E-state index < -0.39 is 0 Å². The number of benzene rings is 1. The zero-order valence-electron chi connectivity index (χ0n) is 10.9. The molecule has 0 spiro atoms. The highest BCUT2D eigenvalue weighted by atomic mass is 35.5. The molecule has 4 heteroatoms. The highest BCUT2D eigenvalue weighted by molar-refractivity contribution is 5.95. The first-order valence-electron chi connectivity index (χ1n) is 6.54. The summed E-state index contributed by atoms with van der Waals surface area (Å²) in [6.07, 6.45) is 4.07. The maximum atomic E-state index is 12.5. The molecule has 3 nitrogen and oxygen atoms in total. The minimum atomic E-state index is 0. The molecule has 3 rings (SSSR count). The van der Waals surface area contributed by atoms with E-state index in [1.807, 2.05) is 23.1 Å². The van der Waals surface area contributed by atoms with Crippen LogP contribution in [0, 0.1) is 0 Å². The summed E-state index contributed by atoms with van der Waals surface area (Å²) in [7, 11) is 0. The van der Waals surface area contributed by atoms with Crippen molar-refractivity contribution in [1.82, 2.24) is 10.2 Å². The van der Waals surface area contributed by atoms with E-state index in [9.17, 15) is 4.79 Å². The second-order valence-electron chi connectivity index (χ2n) is 5.06. The SMILES string of the molecule is C=CCN(C(=O)c1ccc2c(c1)CNC2)C1CC1.Cl. The largest absolute Gasteiger partial charge is 0.332 e. The lowest BCUT2D eigenvalue weighted by molar-refractivity contribution is 0.0762. The van der Waals surface area contributed by atoms with Gasteiger partial charge in [-0.05, 0) is 36.1 Å². The number of hydrogen-bond donors (Lipinski definition) is 1. The summed E-state index contributed by atoms with van der Waals surface area (Å²) in [4.78, 5) is 14.4. The van der Waals surface area contributed by atoms with Gasteiger partial charge in [-0.15, -0.1) is 19.0 Å². The summed E-state index contributed by atoms with van der Waals surface area (Å²) in [5, 5.41) is 3.30. The molecule has 2 aliphatic rings. The van der Waals surface area contributed by atoms with Crippen LogP contribution in [0.1, 0.15) is 34.3 Å². The Hall–Kier alpha value is -1.32. The fourth-order valence-electron chi connectivity index (χ4n) is 2.52. The Morgan fingerprint density at radius 3 is 2.79 bits per heavy atom.